The molecule has 19 heavy (non-hydrogen) atoms. The lowest BCUT2D eigenvalue weighted by molar-refractivity contribution is 0.0951. The van der Waals surface area contributed by atoms with Crippen LogP contribution in [-0.4, -0.2) is 31.9 Å². The van der Waals surface area contributed by atoms with Gasteiger partial charge in [-0.1, -0.05) is 6.07 Å². The summed E-state index contributed by atoms with van der Waals surface area (Å²) in [5.74, 6) is -1.29. The van der Waals surface area contributed by atoms with Crippen LogP contribution in [0.4, 0.5) is 10.1 Å². The molecule has 0 atom stereocenters. The summed E-state index contributed by atoms with van der Waals surface area (Å²) in [5, 5.41) is 2.45. The number of anilines is 1. The largest absolute Gasteiger partial charge is 0.396 e. The Bertz CT molecular complexity index is 597. The first kappa shape index (κ1) is 15.4. The molecule has 0 aromatic heterocycles. The molecular formula is C12H17FN2O3S. The maximum Gasteiger partial charge on any atom is 0.253 e. The van der Waals surface area contributed by atoms with Crippen molar-refractivity contribution in [3.05, 3.63) is 29.6 Å². The Morgan fingerprint density at radius 3 is 2.53 bits per heavy atom. The van der Waals surface area contributed by atoms with E-state index in [-0.39, 0.29) is 17.8 Å². The Balaban J connectivity index is 2.85. The van der Waals surface area contributed by atoms with Gasteiger partial charge in [-0.25, -0.2) is 12.8 Å². The fourth-order valence-corrected chi connectivity index (χ4v) is 1.59. The predicted octanol–water partition coefficient (Wildman–Crippen LogP) is 0.961. The van der Waals surface area contributed by atoms with E-state index < -0.39 is 26.3 Å². The number of nitrogens with two attached hydrogens (primary N) is 1. The molecule has 0 aliphatic heterocycles. The molecule has 0 spiro atoms. The van der Waals surface area contributed by atoms with Gasteiger partial charge in [0.05, 0.1) is 16.0 Å². The van der Waals surface area contributed by atoms with Crippen LogP contribution in [0.5, 0.6) is 0 Å². The van der Waals surface area contributed by atoms with Crippen LogP contribution in [0.15, 0.2) is 18.2 Å². The van der Waals surface area contributed by atoms with Crippen LogP contribution < -0.4 is 11.1 Å². The molecule has 0 heterocycles. The van der Waals surface area contributed by atoms with Crippen LogP contribution in [0.2, 0.25) is 0 Å². The monoisotopic (exact) mass is 288 g/mol. The Hall–Kier alpha value is -1.63. The summed E-state index contributed by atoms with van der Waals surface area (Å²) in [4.78, 5) is 11.8. The highest BCUT2D eigenvalue weighted by atomic mass is 32.2. The van der Waals surface area contributed by atoms with Crippen molar-refractivity contribution in [1.82, 2.24) is 5.32 Å². The Kier molecular flexibility index (Phi) is 4.19. The second kappa shape index (κ2) is 5.16. The standard InChI is InChI=1S/C12H17FN2O3S/c1-12(2,19(3,17)18)7-15-11(16)8-5-4-6-9(13)10(8)14/h4-6H,7,14H2,1-3H3,(H,15,16). The van der Waals surface area contributed by atoms with Gasteiger partial charge in [0, 0.05) is 12.8 Å². The Morgan fingerprint density at radius 2 is 2.00 bits per heavy atom. The molecule has 0 bridgehead atoms. The highest BCUT2D eigenvalue weighted by Gasteiger charge is 2.30. The molecule has 3 N–H and O–H groups in total. The summed E-state index contributed by atoms with van der Waals surface area (Å²) < 4.78 is 35.1. The van der Waals surface area contributed by atoms with E-state index in [1.807, 2.05) is 0 Å². The van der Waals surface area contributed by atoms with Gasteiger partial charge in [0.15, 0.2) is 9.84 Å². The summed E-state index contributed by atoms with van der Waals surface area (Å²) in [6, 6.07) is 3.88. The molecule has 0 radical (unpaired) electrons. The zero-order valence-corrected chi connectivity index (χ0v) is 11.8. The molecule has 7 heteroatoms. The van der Waals surface area contributed by atoms with Gasteiger partial charge in [-0.2, -0.15) is 0 Å². The third-order valence-electron chi connectivity index (χ3n) is 2.98. The highest BCUT2D eigenvalue weighted by Crippen LogP contribution is 2.17. The van der Waals surface area contributed by atoms with E-state index in [4.69, 9.17) is 5.73 Å². The number of para-hydroxylation sites is 1. The Labute approximate surface area is 111 Å². The van der Waals surface area contributed by atoms with Crippen molar-refractivity contribution in [3.8, 4) is 0 Å². The highest BCUT2D eigenvalue weighted by molar-refractivity contribution is 7.92. The normalized spacial score (nSPS) is 12.2. The van der Waals surface area contributed by atoms with E-state index in [0.29, 0.717) is 0 Å². The number of amides is 1. The minimum atomic E-state index is -3.32. The lowest BCUT2D eigenvalue weighted by Crippen LogP contribution is -2.43. The molecule has 0 saturated carbocycles. The maximum absolute atomic E-state index is 13.2. The van der Waals surface area contributed by atoms with Crippen molar-refractivity contribution in [2.75, 3.05) is 18.5 Å². The summed E-state index contributed by atoms with van der Waals surface area (Å²) in [5.41, 5.74) is 5.19. The van der Waals surface area contributed by atoms with Crippen molar-refractivity contribution < 1.29 is 17.6 Å². The molecule has 1 aromatic rings. The molecule has 106 valence electrons. The van der Waals surface area contributed by atoms with Crippen LogP contribution in [0, 0.1) is 5.82 Å². The van der Waals surface area contributed by atoms with Gasteiger partial charge < -0.3 is 11.1 Å². The number of benzene rings is 1. The minimum Gasteiger partial charge on any atom is -0.396 e. The van der Waals surface area contributed by atoms with Crippen molar-refractivity contribution in [3.63, 3.8) is 0 Å². The minimum absolute atomic E-state index is 0.00991. The number of sulfone groups is 1. The van der Waals surface area contributed by atoms with Gasteiger partial charge in [0.25, 0.3) is 5.91 Å². The number of rotatable bonds is 4. The third kappa shape index (κ3) is 3.44. The van der Waals surface area contributed by atoms with Crippen molar-refractivity contribution >= 4 is 21.4 Å². The second-order valence-corrected chi connectivity index (χ2v) is 7.57. The van der Waals surface area contributed by atoms with E-state index in [1.165, 1.54) is 26.0 Å². The van der Waals surface area contributed by atoms with Gasteiger partial charge in [0.2, 0.25) is 0 Å². The molecule has 0 fully saturated rings. The molecule has 0 unspecified atom stereocenters. The first-order valence-corrected chi connectivity index (χ1v) is 7.47. The number of hydrogen-bond donors (Lipinski definition) is 2. The van der Waals surface area contributed by atoms with Gasteiger partial charge >= 0.3 is 0 Å². The van der Waals surface area contributed by atoms with E-state index in [1.54, 1.807) is 0 Å². The predicted molar refractivity (Wildman–Crippen MR) is 72.1 cm³/mol. The lowest BCUT2D eigenvalue weighted by Gasteiger charge is -2.22. The SMILES string of the molecule is CC(C)(CNC(=O)c1cccc(F)c1N)S(C)(=O)=O. The van der Waals surface area contributed by atoms with Crippen LogP contribution in [0.3, 0.4) is 0 Å². The average Bonchev–Trinajstić information content (AvgIpc) is 2.28. The Morgan fingerprint density at radius 1 is 1.42 bits per heavy atom. The van der Waals surface area contributed by atoms with Crippen molar-refractivity contribution in [2.45, 2.75) is 18.6 Å². The quantitative estimate of drug-likeness (QED) is 0.808. The fourth-order valence-electron chi connectivity index (χ4n) is 1.25. The average molecular weight is 288 g/mol. The van der Waals surface area contributed by atoms with Gasteiger partial charge in [-0.3, -0.25) is 4.79 Å². The molecule has 1 aromatic carbocycles. The van der Waals surface area contributed by atoms with Crippen molar-refractivity contribution in [1.29, 1.82) is 0 Å². The third-order valence-corrected chi connectivity index (χ3v) is 5.13. The lowest BCUT2D eigenvalue weighted by atomic mass is 10.1. The van der Waals surface area contributed by atoms with Gasteiger partial charge in [-0.05, 0) is 26.0 Å². The maximum atomic E-state index is 13.2. The van der Waals surface area contributed by atoms with Crippen LogP contribution in [0.1, 0.15) is 24.2 Å². The van der Waals surface area contributed by atoms with Gasteiger partial charge in [0.1, 0.15) is 5.82 Å². The number of nitrogens with one attached hydrogen (secondary N) is 1. The second-order valence-electron chi connectivity index (χ2n) is 4.92. The first-order valence-electron chi connectivity index (χ1n) is 5.58. The molecule has 1 amide bonds. The zero-order valence-electron chi connectivity index (χ0n) is 11.0. The molecule has 5 nitrogen and oxygen atoms in total. The zero-order chi connectivity index (χ0) is 14.8. The van der Waals surface area contributed by atoms with Gasteiger partial charge in [-0.15, -0.1) is 0 Å². The number of nitrogen functional groups attached to an aromatic ring is 1. The summed E-state index contributed by atoms with van der Waals surface area (Å²) in [6.45, 7) is 2.91. The summed E-state index contributed by atoms with van der Waals surface area (Å²) >= 11 is 0. The topological polar surface area (TPSA) is 89.3 Å². The first-order chi connectivity index (χ1) is 8.56. The molecule has 0 aliphatic rings. The number of carbonyl (C=O) groups excluding carboxylic acids is 1. The van der Waals surface area contributed by atoms with E-state index in [2.05, 4.69) is 5.32 Å². The summed E-state index contributed by atoms with van der Waals surface area (Å²) in [7, 11) is -3.32. The van der Waals surface area contributed by atoms with Crippen LogP contribution in [0.25, 0.3) is 0 Å². The number of halogens is 1. The molecule has 0 saturated heterocycles. The van der Waals surface area contributed by atoms with Crippen molar-refractivity contribution in [2.24, 2.45) is 0 Å². The van der Waals surface area contributed by atoms with E-state index >= 15 is 0 Å². The fraction of sp³-hybridized carbons (Fsp3) is 0.417. The molecule has 0 aliphatic carbocycles. The van der Waals surface area contributed by atoms with Crippen LogP contribution >= 0.6 is 0 Å². The molecule has 1 rings (SSSR count). The van der Waals surface area contributed by atoms with E-state index in [0.717, 1.165) is 12.3 Å². The summed E-state index contributed by atoms with van der Waals surface area (Å²) in [6.07, 6.45) is 1.09. The number of hydrogen-bond acceptors (Lipinski definition) is 4. The molecular weight excluding hydrogens is 271 g/mol. The smallest absolute Gasteiger partial charge is 0.253 e. The number of carbonyl (C=O) groups is 1. The van der Waals surface area contributed by atoms with Crippen LogP contribution in [-0.2, 0) is 9.84 Å². The van der Waals surface area contributed by atoms with E-state index in [9.17, 15) is 17.6 Å².